The quantitative estimate of drug-likeness (QED) is 0.526. The van der Waals surface area contributed by atoms with Crippen LogP contribution in [0.1, 0.15) is 29.6 Å². The molecule has 1 aliphatic carbocycles. The van der Waals surface area contributed by atoms with Crippen molar-refractivity contribution in [2.24, 2.45) is 5.92 Å². The van der Waals surface area contributed by atoms with Gasteiger partial charge in [-0.05, 0) is 31.4 Å². The molecule has 0 aromatic heterocycles. The first-order chi connectivity index (χ1) is 13.6. The van der Waals surface area contributed by atoms with E-state index in [4.69, 9.17) is 0 Å². The Bertz CT molecular complexity index is 887. The summed E-state index contributed by atoms with van der Waals surface area (Å²) >= 11 is 3.64. The third kappa shape index (κ3) is 3.49. The first-order valence-corrected chi connectivity index (χ1v) is 10.4. The van der Waals surface area contributed by atoms with Gasteiger partial charge in [-0.1, -0.05) is 64.5 Å². The van der Waals surface area contributed by atoms with Crippen molar-refractivity contribution >= 4 is 39.3 Å². The van der Waals surface area contributed by atoms with Crippen molar-refractivity contribution in [3.8, 4) is 0 Å². The van der Waals surface area contributed by atoms with E-state index in [1.54, 1.807) is 41.3 Å². The van der Waals surface area contributed by atoms with Crippen LogP contribution in [0.2, 0.25) is 0 Å². The fourth-order valence-electron chi connectivity index (χ4n) is 4.14. The zero-order valence-electron chi connectivity index (χ0n) is 15.3. The molecule has 3 amide bonds. The number of fused-ring (bicyclic) bond motifs is 1. The van der Waals surface area contributed by atoms with E-state index in [2.05, 4.69) is 15.9 Å². The number of para-hydroxylation sites is 1. The van der Waals surface area contributed by atoms with Gasteiger partial charge in [0, 0.05) is 16.4 Å². The highest BCUT2D eigenvalue weighted by Crippen LogP contribution is 2.38. The number of hydrogen-bond acceptors (Lipinski definition) is 3. The van der Waals surface area contributed by atoms with E-state index in [1.165, 1.54) is 4.90 Å². The third-order valence-corrected chi connectivity index (χ3v) is 6.38. The molecule has 2 aromatic rings. The van der Waals surface area contributed by atoms with E-state index in [-0.39, 0.29) is 35.0 Å². The summed E-state index contributed by atoms with van der Waals surface area (Å²) in [4.78, 5) is 42.4. The minimum Gasteiger partial charge on any atom is -0.312 e. The minimum atomic E-state index is -0.408. The molecule has 4 rings (SSSR count). The van der Waals surface area contributed by atoms with Crippen molar-refractivity contribution in [3.63, 3.8) is 0 Å². The maximum Gasteiger partial charge on any atom is 0.332 e. The topological polar surface area (TPSA) is 57.7 Å². The summed E-state index contributed by atoms with van der Waals surface area (Å²) in [5, 5.41) is 0. The number of anilines is 1. The minimum absolute atomic E-state index is 0.0203. The van der Waals surface area contributed by atoms with E-state index >= 15 is 0 Å². The molecule has 2 aliphatic rings. The van der Waals surface area contributed by atoms with Crippen molar-refractivity contribution in [3.05, 3.63) is 66.2 Å². The van der Waals surface area contributed by atoms with Gasteiger partial charge in [0.1, 0.15) is 0 Å². The molecule has 2 fully saturated rings. The van der Waals surface area contributed by atoms with Crippen molar-refractivity contribution in [2.75, 3.05) is 11.4 Å². The number of urea groups is 1. The van der Waals surface area contributed by atoms with Gasteiger partial charge in [-0.3, -0.25) is 9.59 Å². The highest BCUT2D eigenvalue weighted by Gasteiger charge is 2.49. The van der Waals surface area contributed by atoms with Crippen molar-refractivity contribution in [1.29, 1.82) is 0 Å². The van der Waals surface area contributed by atoms with Crippen LogP contribution in [-0.4, -0.2) is 40.0 Å². The van der Waals surface area contributed by atoms with Crippen LogP contribution >= 0.6 is 15.9 Å². The summed E-state index contributed by atoms with van der Waals surface area (Å²) in [6.45, 7) is -0.0203. The number of amides is 3. The van der Waals surface area contributed by atoms with Gasteiger partial charge in [0.25, 0.3) is 0 Å². The molecule has 0 N–H and O–H groups in total. The second kappa shape index (κ2) is 7.87. The maximum absolute atomic E-state index is 13.3. The lowest BCUT2D eigenvalue weighted by Crippen LogP contribution is -2.64. The molecule has 0 radical (unpaired) electrons. The van der Waals surface area contributed by atoms with Crippen molar-refractivity contribution < 1.29 is 14.4 Å². The largest absolute Gasteiger partial charge is 0.332 e. The number of carbonyl (C=O) groups excluding carboxylic acids is 3. The highest BCUT2D eigenvalue weighted by molar-refractivity contribution is 9.09. The van der Waals surface area contributed by atoms with Crippen LogP contribution in [-0.2, 0) is 4.79 Å². The number of halogens is 1. The fraction of sp³-hybridized carbons (Fsp3) is 0.318. The van der Waals surface area contributed by atoms with Gasteiger partial charge in [0.2, 0.25) is 5.91 Å². The highest BCUT2D eigenvalue weighted by atomic mass is 79.9. The van der Waals surface area contributed by atoms with Crippen molar-refractivity contribution in [1.82, 2.24) is 4.90 Å². The van der Waals surface area contributed by atoms with Crippen LogP contribution in [0.5, 0.6) is 0 Å². The summed E-state index contributed by atoms with van der Waals surface area (Å²) in [6.07, 6.45) is 2.25. The van der Waals surface area contributed by atoms with E-state index < -0.39 is 6.03 Å². The van der Waals surface area contributed by atoms with E-state index in [9.17, 15) is 14.4 Å². The van der Waals surface area contributed by atoms with Crippen LogP contribution in [0.15, 0.2) is 60.7 Å². The number of nitrogens with zero attached hydrogens (tertiary/aromatic N) is 2. The standard InChI is InChI=1S/C22H21BrN2O3/c23-16-11-12-19-18(13-16)21(27)25(17-9-5-2-6-10-17)22(28)24(19)14-20(26)15-7-3-1-4-8-15/h1-10,16,18-19H,11-14H2. The average Bonchev–Trinajstić information content (AvgIpc) is 2.72. The molecule has 144 valence electrons. The first kappa shape index (κ1) is 18.9. The summed E-state index contributed by atoms with van der Waals surface area (Å²) in [5.74, 6) is -0.593. The molecule has 2 aromatic carbocycles. The van der Waals surface area contributed by atoms with Gasteiger partial charge in [-0.2, -0.15) is 0 Å². The number of ketones is 1. The monoisotopic (exact) mass is 440 g/mol. The zero-order valence-corrected chi connectivity index (χ0v) is 16.9. The second-order valence-corrected chi connectivity index (χ2v) is 8.59. The molecule has 1 saturated heterocycles. The Morgan fingerprint density at radius 1 is 0.964 bits per heavy atom. The number of alkyl halides is 1. The number of rotatable bonds is 4. The Morgan fingerprint density at radius 2 is 1.61 bits per heavy atom. The Balaban J connectivity index is 1.67. The Hall–Kier alpha value is -2.47. The molecular weight excluding hydrogens is 420 g/mol. The lowest BCUT2D eigenvalue weighted by molar-refractivity contribution is -0.126. The van der Waals surface area contributed by atoms with Crippen LogP contribution in [0.25, 0.3) is 0 Å². The molecular formula is C22H21BrN2O3. The SMILES string of the molecule is O=C(CN1C(=O)N(c2ccccc2)C(=O)C2CC(Br)CCC21)c1ccccc1. The number of carbonyl (C=O) groups is 3. The Labute approximate surface area is 172 Å². The molecule has 5 nitrogen and oxygen atoms in total. The van der Waals surface area contributed by atoms with E-state index in [0.717, 1.165) is 6.42 Å². The molecule has 28 heavy (non-hydrogen) atoms. The summed E-state index contributed by atoms with van der Waals surface area (Å²) in [6, 6.07) is 17.3. The lowest BCUT2D eigenvalue weighted by Gasteiger charge is -2.47. The van der Waals surface area contributed by atoms with Gasteiger partial charge in [-0.15, -0.1) is 0 Å². The molecule has 0 spiro atoms. The van der Waals surface area contributed by atoms with Crippen LogP contribution in [0.4, 0.5) is 10.5 Å². The third-order valence-electron chi connectivity index (χ3n) is 5.55. The predicted molar refractivity (Wildman–Crippen MR) is 111 cm³/mol. The zero-order chi connectivity index (χ0) is 19.7. The smallest absolute Gasteiger partial charge is 0.312 e. The van der Waals surface area contributed by atoms with Crippen LogP contribution in [0, 0.1) is 5.92 Å². The molecule has 0 bridgehead atoms. The van der Waals surface area contributed by atoms with Crippen molar-refractivity contribution in [2.45, 2.75) is 30.1 Å². The summed E-state index contributed by atoms with van der Waals surface area (Å²) < 4.78 is 0. The summed E-state index contributed by atoms with van der Waals surface area (Å²) in [7, 11) is 0. The van der Waals surface area contributed by atoms with Gasteiger partial charge in [-0.25, -0.2) is 9.69 Å². The van der Waals surface area contributed by atoms with Gasteiger partial charge < -0.3 is 4.90 Å². The molecule has 6 heteroatoms. The normalized spacial score (nSPS) is 24.8. The van der Waals surface area contributed by atoms with Gasteiger partial charge in [0.15, 0.2) is 5.78 Å². The average molecular weight is 441 g/mol. The lowest BCUT2D eigenvalue weighted by atomic mass is 9.80. The Kier molecular flexibility index (Phi) is 5.31. The van der Waals surface area contributed by atoms with Crippen LogP contribution < -0.4 is 4.90 Å². The first-order valence-electron chi connectivity index (χ1n) is 9.48. The predicted octanol–water partition coefficient (Wildman–Crippen LogP) is 4.27. The maximum atomic E-state index is 13.3. The summed E-state index contributed by atoms with van der Waals surface area (Å²) in [5.41, 5.74) is 1.12. The Morgan fingerprint density at radius 3 is 2.29 bits per heavy atom. The second-order valence-electron chi connectivity index (χ2n) is 7.29. The molecule has 3 unspecified atom stereocenters. The number of imide groups is 1. The molecule has 1 aliphatic heterocycles. The fourth-order valence-corrected chi connectivity index (χ4v) is 4.81. The molecule has 1 heterocycles. The van der Waals surface area contributed by atoms with E-state index in [1.807, 2.05) is 24.3 Å². The van der Waals surface area contributed by atoms with Gasteiger partial charge >= 0.3 is 6.03 Å². The molecule has 3 atom stereocenters. The van der Waals surface area contributed by atoms with Gasteiger partial charge in [0.05, 0.1) is 18.2 Å². The van der Waals surface area contributed by atoms with E-state index in [0.29, 0.717) is 24.1 Å². The molecule has 1 saturated carbocycles. The number of hydrogen-bond donors (Lipinski definition) is 0. The number of benzene rings is 2. The van der Waals surface area contributed by atoms with Crippen LogP contribution in [0.3, 0.4) is 0 Å². The number of Topliss-reactive ketones (excluding diaryl/α,β-unsaturated/α-hetero) is 1.